The maximum atomic E-state index is 5.30. The molecule has 0 saturated carbocycles. The molecule has 2 N–H and O–H groups in total. The van der Waals surface area contributed by atoms with Gasteiger partial charge < -0.3 is 15.4 Å². The third kappa shape index (κ3) is 6.24. The Labute approximate surface area is 152 Å². The molecule has 0 bridgehead atoms. The first-order chi connectivity index (χ1) is 11.9. The lowest BCUT2D eigenvalue weighted by Gasteiger charge is -2.28. The third-order valence-corrected chi connectivity index (χ3v) is 4.34. The van der Waals surface area contributed by atoms with Crippen molar-refractivity contribution in [2.75, 3.05) is 33.3 Å². The van der Waals surface area contributed by atoms with Crippen LogP contribution in [0.1, 0.15) is 52.1 Å². The fourth-order valence-corrected chi connectivity index (χ4v) is 3.15. The Morgan fingerprint density at radius 3 is 2.36 bits per heavy atom. The molecule has 1 atom stereocenters. The number of benzene rings is 1. The number of likely N-dealkylation sites (tertiary alicyclic amines) is 1. The van der Waals surface area contributed by atoms with Crippen LogP contribution in [-0.2, 0) is 0 Å². The van der Waals surface area contributed by atoms with Gasteiger partial charge in [-0.15, -0.1) is 0 Å². The highest BCUT2D eigenvalue weighted by Crippen LogP contribution is 2.27. The molecule has 140 valence electrons. The summed E-state index contributed by atoms with van der Waals surface area (Å²) in [6.45, 7) is 12.5. The molecule has 1 heterocycles. The Hall–Kier alpha value is -1.75. The number of hydrogen-bond donors (Lipinski definition) is 2. The van der Waals surface area contributed by atoms with E-state index in [1.807, 2.05) is 12.1 Å². The SMILES string of the molecule is CCNC(=NCC(c1ccc(OC)cc1)N1CCCC1)NC(C)(C)C. The molecule has 1 aliphatic heterocycles. The predicted molar refractivity (Wildman–Crippen MR) is 105 cm³/mol. The van der Waals surface area contributed by atoms with Crippen LogP contribution in [0.4, 0.5) is 0 Å². The van der Waals surface area contributed by atoms with Crippen molar-refractivity contribution in [3.8, 4) is 5.75 Å². The second kappa shape index (κ2) is 9.09. The van der Waals surface area contributed by atoms with Crippen LogP contribution in [0.15, 0.2) is 29.3 Å². The number of hydrogen-bond acceptors (Lipinski definition) is 3. The van der Waals surface area contributed by atoms with Crippen molar-refractivity contribution in [2.24, 2.45) is 4.99 Å². The van der Waals surface area contributed by atoms with E-state index in [0.717, 1.165) is 37.9 Å². The fraction of sp³-hybridized carbons (Fsp3) is 0.650. The normalized spacial score (nSPS) is 17.4. The molecule has 0 aliphatic carbocycles. The van der Waals surface area contributed by atoms with E-state index in [0.29, 0.717) is 6.04 Å². The maximum absolute atomic E-state index is 5.30. The van der Waals surface area contributed by atoms with E-state index in [2.05, 4.69) is 55.4 Å². The molecule has 2 rings (SSSR count). The lowest BCUT2D eigenvalue weighted by molar-refractivity contribution is 0.251. The Morgan fingerprint density at radius 1 is 1.20 bits per heavy atom. The van der Waals surface area contributed by atoms with Crippen molar-refractivity contribution in [1.82, 2.24) is 15.5 Å². The van der Waals surface area contributed by atoms with E-state index in [1.165, 1.54) is 18.4 Å². The van der Waals surface area contributed by atoms with Gasteiger partial charge in [-0.3, -0.25) is 9.89 Å². The van der Waals surface area contributed by atoms with E-state index < -0.39 is 0 Å². The number of guanidine groups is 1. The number of nitrogens with zero attached hydrogens (tertiary/aromatic N) is 2. The average Bonchev–Trinajstić information content (AvgIpc) is 3.08. The first-order valence-electron chi connectivity index (χ1n) is 9.37. The highest BCUT2D eigenvalue weighted by Gasteiger charge is 2.23. The summed E-state index contributed by atoms with van der Waals surface area (Å²) in [6.07, 6.45) is 2.55. The zero-order valence-electron chi connectivity index (χ0n) is 16.4. The van der Waals surface area contributed by atoms with Crippen LogP contribution < -0.4 is 15.4 Å². The molecule has 0 amide bonds. The standard InChI is InChI=1S/C20H34N4O/c1-6-21-19(23-20(2,3)4)22-15-18(24-13-7-8-14-24)16-9-11-17(25-5)12-10-16/h9-12,18H,6-8,13-15H2,1-5H3,(H2,21,22,23). The van der Waals surface area contributed by atoms with Crippen molar-refractivity contribution in [3.05, 3.63) is 29.8 Å². The summed E-state index contributed by atoms with van der Waals surface area (Å²) in [6, 6.07) is 8.73. The van der Waals surface area contributed by atoms with Crippen LogP contribution in [0, 0.1) is 0 Å². The van der Waals surface area contributed by atoms with Gasteiger partial charge in [0, 0.05) is 12.1 Å². The molecule has 0 radical (unpaired) electrons. The van der Waals surface area contributed by atoms with Gasteiger partial charge in [0.1, 0.15) is 5.75 Å². The van der Waals surface area contributed by atoms with Gasteiger partial charge in [0.15, 0.2) is 5.96 Å². The predicted octanol–water partition coefficient (Wildman–Crippen LogP) is 3.19. The first kappa shape index (κ1) is 19.6. The number of methoxy groups -OCH3 is 1. The van der Waals surface area contributed by atoms with Gasteiger partial charge >= 0.3 is 0 Å². The second-order valence-electron chi connectivity index (χ2n) is 7.63. The molecule has 1 aromatic rings. The van der Waals surface area contributed by atoms with E-state index >= 15 is 0 Å². The summed E-state index contributed by atoms with van der Waals surface area (Å²) in [7, 11) is 1.71. The molecule has 1 saturated heterocycles. The molecule has 5 nitrogen and oxygen atoms in total. The molecule has 1 unspecified atom stereocenters. The molecule has 0 aromatic heterocycles. The molecular weight excluding hydrogens is 312 g/mol. The van der Waals surface area contributed by atoms with E-state index in [-0.39, 0.29) is 5.54 Å². The third-order valence-electron chi connectivity index (χ3n) is 4.34. The van der Waals surface area contributed by atoms with Gasteiger partial charge in [-0.05, 0) is 71.3 Å². The Kier molecular flexibility index (Phi) is 7.12. The summed E-state index contributed by atoms with van der Waals surface area (Å²) < 4.78 is 5.30. The fourth-order valence-electron chi connectivity index (χ4n) is 3.15. The summed E-state index contributed by atoms with van der Waals surface area (Å²) >= 11 is 0. The molecule has 1 fully saturated rings. The average molecular weight is 347 g/mol. The van der Waals surface area contributed by atoms with Crippen LogP contribution in [0.3, 0.4) is 0 Å². The molecule has 5 heteroatoms. The minimum atomic E-state index is -0.00967. The van der Waals surface area contributed by atoms with Gasteiger partial charge in [-0.2, -0.15) is 0 Å². The second-order valence-corrected chi connectivity index (χ2v) is 7.63. The maximum Gasteiger partial charge on any atom is 0.191 e. The number of aliphatic imine (C=N–C) groups is 1. The largest absolute Gasteiger partial charge is 0.497 e. The van der Waals surface area contributed by atoms with Gasteiger partial charge in [0.25, 0.3) is 0 Å². The number of ether oxygens (including phenoxy) is 1. The smallest absolute Gasteiger partial charge is 0.191 e. The molecule has 1 aliphatic rings. The minimum Gasteiger partial charge on any atom is -0.497 e. The zero-order chi connectivity index (χ0) is 18.3. The van der Waals surface area contributed by atoms with Crippen molar-refractivity contribution in [3.63, 3.8) is 0 Å². The summed E-state index contributed by atoms with van der Waals surface area (Å²) in [5.74, 6) is 1.78. The number of rotatable bonds is 6. The van der Waals surface area contributed by atoms with Gasteiger partial charge in [-0.1, -0.05) is 12.1 Å². The van der Waals surface area contributed by atoms with Crippen LogP contribution >= 0.6 is 0 Å². The zero-order valence-corrected chi connectivity index (χ0v) is 16.4. The van der Waals surface area contributed by atoms with Crippen LogP contribution in [0.5, 0.6) is 5.75 Å². The molecular formula is C20H34N4O. The van der Waals surface area contributed by atoms with Gasteiger partial charge in [0.2, 0.25) is 0 Å². The van der Waals surface area contributed by atoms with Crippen molar-refractivity contribution in [1.29, 1.82) is 0 Å². The van der Waals surface area contributed by atoms with Gasteiger partial charge in [0.05, 0.1) is 19.7 Å². The quantitative estimate of drug-likeness (QED) is 0.613. The highest BCUT2D eigenvalue weighted by molar-refractivity contribution is 5.80. The van der Waals surface area contributed by atoms with Crippen molar-refractivity contribution in [2.45, 2.75) is 52.1 Å². The summed E-state index contributed by atoms with van der Waals surface area (Å²) in [5.41, 5.74) is 1.29. The Bertz CT molecular complexity index is 542. The topological polar surface area (TPSA) is 48.9 Å². The van der Waals surface area contributed by atoms with E-state index in [1.54, 1.807) is 7.11 Å². The van der Waals surface area contributed by atoms with E-state index in [4.69, 9.17) is 9.73 Å². The van der Waals surface area contributed by atoms with Gasteiger partial charge in [-0.25, -0.2) is 0 Å². The number of nitrogens with one attached hydrogen (secondary N) is 2. The van der Waals surface area contributed by atoms with E-state index in [9.17, 15) is 0 Å². The molecule has 1 aromatic carbocycles. The Balaban J connectivity index is 2.17. The van der Waals surface area contributed by atoms with Crippen LogP contribution in [0.2, 0.25) is 0 Å². The molecule has 25 heavy (non-hydrogen) atoms. The van der Waals surface area contributed by atoms with Crippen molar-refractivity contribution < 1.29 is 4.74 Å². The summed E-state index contributed by atoms with van der Waals surface area (Å²) in [5, 5.41) is 6.83. The van der Waals surface area contributed by atoms with Crippen LogP contribution in [0.25, 0.3) is 0 Å². The van der Waals surface area contributed by atoms with Crippen LogP contribution in [-0.4, -0.2) is 49.7 Å². The first-order valence-corrected chi connectivity index (χ1v) is 9.37. The lowest BCUT2D eigenvalue weighted by Crippen LogP contribution is -2.48. The monoisotopic (exact) mass is 346 g/mol. The minimum absolute atomic E-state index is 0.00967. The Morgan fingerprint density at radius 2 is 1.84 bits per heavy atom. The summed E-state index contributed by atoms with van der Waals surface area (Å²) in [4.78, 5) is 7.43. The lowest BCUT2D eigenvalue weighted by atomic mass is 10.1. The highest BCUT2D eigenvalue weighted by atomic mass is 16.5. The van der Waals surface area contributed by atoms with Crippen molar-refractivity contribution >= 4 is 5.96 Å². The molecule has 0 spiro atoms.